The molecule has 1 fully saturated rings. The van der Waals surface area contributed by atoms with Crippen molar-refractivity contribution >= 4 is 23.6 Å². The predicted octanol–water partition coefficient (Wildman–Crippen LogP) is 3.75. The quantitative estimate of drug-likeness (QED) is 0.373. The first kappa shape index (κ1) is 23.0. The molecule has 1 amide bonds. The van der Waals surface area contributed by atoms with Crippen LogP contribution in [0.15, 0.2) is 65.8 Å². The summed E-state index contributed by atoms with van der Waals surface area (Å²) in [7, 11) is 0. The highest BCUT2D eigenvalue weighted by Gasteiger charge is 2.29. The Morgan fingerprint density at radius 3 is 2.52 bits per heavy atom. The average molecular weight is 465 g/mol. The summed E-state index contributed by atoms with van der Waals surface area (Å²) in [4.78, 5) is 26.8. The summed E-state index contributed by atoms with van der Waals surface area (Å²) < 4.78 is 7.17. The first-order chi connectivity index (χ1) is 16.2. The molecule has 1 aliphatic rings. The minimum atomic E-state index is -0.238. The summed E-state index contributed by atoms with van der Waals surface area (Å²) in [5.41, 5.74) is 2.11. The van der Waals surface area contributed by atoms with Gasteiger partial charge in [0.1, 0.15) is 5.82 Å². The van der Waals surface area contributed by atoms with Gasteiger partial charge in [0.15, 0.2) is 5.16 Å². The van der Waals surface area contributed by atoms with Crippen LogP contribution >= 0.6 is 11.8 Å². The van der Waals surface area contributed by atoms with E-state index in [1.54, 1.807) is 11.8 Å². The molecule has 0 N–H and O–H groups in total. The fourth-order valence-electron chi connectivity index (χ4n) is 4.00. The van der Waals surface area contributed by atoms with Crippen LogP contribution in [0.5, 0.6) is 0 Å². The number of carbonyl (C=O) groups is 2. The molecule has 4 rings (SSSR count). The Morgan fingerprint density at radius 2 is 1.79 bits per heavy atom. The van der Waals surface area contributed by atoms with Gasteiger partial charge in [-0.05, 0) is 37.5 Å². The second-order valence-electron chi connectivity index (χ2n) is 7.95. The topological polar surface area (TPSA) is 77.3 Å². The SMILES string of the molecule is CCOC(=O)C1CCCN(C(=O)CSc2nnc(Cc3ccccc3)n2-c2ccccc2)C1. The van der Waals surface area contributed by atoms with Crippen LogP contribution in [0.1, 0.15) is 31.2 Å². The van der Waals surface area contributed by atoms with E-state index in [-0.39, 0.29) is 23.5 Å². The predicted molar refractivity (Wildman–Crippen MR) is 127 cm³/mol. The van der Waals surface area contributed by atoms with Gasteiger partial charge in [-0.1, -0.05) is 60.3 Å². The number of nitrogens with zero attached hydrogens (tertiary/aromatic N) is 4. The Hall–Kier alpha value is -3.13. The number of hydrogen-bond donors (Lipinski definition) is 0. The summed E-state index contributed by atoms with van der Waals surface area (Å²) in [6.45, 7) is 3.25. The van der Waals surface area contributed by atoms with Crippen LogP contribution in [0.2, 0.25) is 0 Å². The molecular weight excluding hydrogens is 436 g/mol. The zero-order valence-electron chi connectivity index (χ0n) is 18.7. The molecule has 0 spiro atoms. The van der Waals surface area contributed by atoms with Gasteiger partial charge in [0.25, 0.3) is 0 Å². The molecule has 8 heteroatoms. The molecule has 2 aromatic carbocycles. The first-order valence-electron chi connectivity index (χ1n) is 11.3. The van der Waals surface area contributed by atoms with Crippen molar-refractivity contribution in [3.63, 3.8) is 0 Å². The maximum atomic E-state index is 12.9. The average Bonchev–Trinajstić information content (AvgIpc) is 3.26. The molecular formula is C25H28N4O3S. The van der Waals surface area contributed by atoms with Gasteiger partial charge >= 0.3 is 5.97 Å². The highest BCUT2D eigenvalue weighted by molar-refractivity contribution is 7.99. The molecule has 0 saturated carbocycles. The molecule has 33 heavy (non-hydrogen) atoms. The number of likely N-dealkylation sites (tertiary alicyclic amines) is 1. The highest BCUT2D eigenvalue weighted by atomic mass is 32.2. The fraction of sp³-hybridized carbons (Fsp3) is 0.360. The van der Waals surface area contributed by atoms with Crippen molar-refractivity contribution in [2.45, 2.75) is 31.3 Å². The van der Waals surface area contributed by atoms with Crippen molar-refractivity contribution in [3.8, 4) is 5.69 Å². The van der Waals surface area contributed by atoms with E-state index < -0.39 is 0 Å². The number of ether oxygens (including phenoxy) is 1. The molecule has 3 aromatic rings. The van der Waals surface area contributed by atoms with Crippen LogP contribution in [-0.4, -0.2) is 57.0 Å². The Bertz CT molecular complexity index is 1070. The van der Waals surface area contributed by atoms with Crippen LogP contribution in [0.3, 0.4) is 0 Å². The van der Waals surface area contributed by atoms with E-state index in [9.17, 15) is 9.59 Å². The Labute approximate surface area is 198 Å². The fourth-order valence-corrected chi connectivity index (χ4v) is 4.87. The number of benzene rings is 2. The summed E-state index contributed by atoms with van der Waals surface area (Å²) in [5, 5.41) is 9.52. The molecule has 1 atom stereocenters. The lowest BCUT2D eigenvalue weighted by Gasteiger charge is -2.31. The van der Waals surface area contributed by atoms with Crippen LogP contribution in [-0.2, 0) is 20.7 Å². The van der Waals surface area contributed by atoms with Gasteiger partial charge in [0.2, 0.25) is 5.91 Å². The van der Waals surface area contributed by atoms with Crippen LogP contribution in [0.4, 0.5) is 0 Å². The summed E-state index contributed by atoms with van der Waals surface area (Å²) in [5.74, 6) is 0.616. The Balaban J connectivity index is 1.47. The smallest absolute Gasteiger partial charge is 0.310 e. The van der Waals surface area contributed by atoms with Crippen molar-refractivity contribution in [1.29, 1.82) is 0 Å². The van der Waals surface area contributed by atoms with E-state index in [1.165, 1.54) is 11.8 Å². The van der Waals surface area contributed by atoms with Crippen molar-refractivity contribution in [1.82, 2.24) is 19.7 Å². The lowest BCUT2D eigenvalue weighted by Crippen LogP contribution is -2.43. The second-order valence-corrected chi connectivity index (χ2v) is 8.89. The number of piperidine rings is 1. The maximum absolute atomic E-state index is 12.9. The molecule has 0 bridgehead atoms. The molecule has 0 aliphatic carbocycles. The molecule has 0 radical (unpaired) electrons. The lowest BCUT2D eigenvalue weighted by molar-refractivity contribution is -0.151. The van der Waals surface area contributed by atoms with Crippen molar-refractivity contribution in [3.05, 3.63) is 72.1 Å². The zero-order valence-corrected chi connectivity index (χ0v) is 19.5. The van der Waals surface area contributed by atoms with E-state index >= 15 is 0 Å². The second kappa shape index (κ2) is 11.1. The molecule has 7 nitrogen and oxygen atoms in total. The number of amides is 1. The van der Waals surface area contributed by atoms with Gasteiger partial charge in [0.05, 0.1) is 18.3 Å². The minimum absolute atomic E-state index is 0.00113. The van der Waals surface area contributed by atoms with Crippen molar-refractivity contribution in [2.24, 2.45) is 5.92 Å². The first-order valence-corrected chi connectivity index (χ1v) is 12.2. The number of para-hydroxylation sites is 1. The number of aromatic nitrogens is 3. The molecule has 172 valence electrons. The highest BCUT2D eigenvalue weighted by Crippen LogP contribution is 2.25. The zero-order chi connectivity index (χ0) is 23.0. The van der Waals surface area contributed by atoms with Crippen LogP contribution in [0.25, 0.3) is 5.69 Å². The third kappa shape index (κ3) is 5.82. The largest absolute Gasteiger partial charge is 0.466 e. The maximum Gasteiger partial charge on any atom is 0.310 e. The van der Waals surface area contributed by atoms with E-state index in [1.807, 2.05) is 53.1 Å². The van der Waals surface area contributed by atoms with E-state index in [2.05, 4.69) is 22.3 Å². The van der Waals surface area contributed by atoms with E-state index in [4.69, 9.17) is 4.74 Å². The third-order valence-electron chi connectivity index (χ3n) is 5.64. The monoisotopic (exact) mass is 464 g/mol. The molecule has 1 saturated heterocycles. The van der Waals surface area contributed by atoms with E-state index in [0.717, 1.165) is 29.9 Å². The summed E-state index contributed by atoms with van der Waals surface area (Å²) in [6, 6.07) is 20.1. The number of hydrogen-bond acceptors (Lipinski definition) is 6. The number of thioether (sulfide) groups is 1. The number of carbonyl (C=O) groups excluding carboxylic acids is 2. The summed E-state index contributed by atoms with van der Waals surface area (Å²) >= 11 is 1.38. The van der Waals surface area contributed by atoms with Crippen LogP contribution < -0.4 is 0 Å². The normalized spacial score (nSPS) is 15.9. The van der Waals surface area contributed by atoms with Gasteiger partial charge in [-0.3, -0.25) is 14.2 Å². The van der Waals surface area contributed by atoms with Gasteiger partial charge in [-0.2, -0.15) is 0 Å². The molecule has 2 heterocycles. The van der Waals surface area contributed by atoms with Crippen LogP contribution in [0, 0.1) is 5.92 Å². The summed E-state index contributed by atoms with van der Waals surface area (Å²) in [6.07, 6.45) is 2.22. The van der Waals surface area contributed by atoms with E-state index in [0.29, 0.717) is 31.3 Å². The number of rotatable bonds is 8. The number of esters is 1. The van der Waals surface area contributed by atoms with Gasteiger partial charge < -0.3 is 9.64 Å². The minimum Gasteiger partial charge on any atom is -0.466 e. The Kier molecular flexibility index (Phi) is 7.78. The molecule has 1 unspecified atom stereocenters. The lowest BCUT2D eigenvalue weighted by atomic mass is 9.98. The third-order valence-corrected chi connectivity index (χ3v) is 6.55. The standard InChI is InChI=1S/C25H28N4O3S/c1-2-32-24(31)20-12-9-15-28(17-20)23(30)18-33-25-27-26-22(16-19-10-5-3-6-11-19)29(25)21-13-7-4-8-14-21/h3-8,10-11,13-14,20H,2,9,12,15-18H2,1H3. The van der Waals surface area contributed by atoms with Crippen molar-refractivity contribution in [2.75, 3.05) is 25.4 Å². The van der Waals surface area contributed by atoms with Gasteiger partial charge in [-0.25, -0.2) is 0 Å². The van der Waals surface area contributed by atoms with Crippen molar-refractivity contribution < 1.29 is 14.3 Å². The molecule has 1 aromatic heterocycles. The van der Waals surface area contributed by atoms with Gasteiger partial charge in [0, 0.05) is 25.2 Å². The van der Waals surface area contributed by atoms with Gasteiger partial charge in [-0.15, -0.1) is 10.2 Å². The molecule has 1 aliphatic heterocycles. The Morgan fingerprint density at radius 1 is 1.06 bits per heavy atom.